The van der Waals surface area contributed by atoms with Crippen LogP contribution in [-0.2, 0) is 0 Å². The molecule has 3 N–H and O–H groups in total. The predicted octanol–water partition coefficient (Wildman–Crippen LogP) is 4.53. The van der Waals surface area contributed by atoms with Gasteiger partial charge in [-0.15, -0.1) is 0 Å². The van der Waals surface area contributed by atoms with E-state index in [4.69, 9.17) is 28.9 Å². The zero-order valence-electron chi connectivity index (χ0n) is 10.6. The van der Waals surface area contributed by atoms with Gasteiger partial charge in [-0.2, -0.15) is 0 Å². The van der Waals surface area contributed by atoms with E-state index in [9.17, 15) is 5.11 Å². The maximum atomic E-state index is 10.6. The quantitative estimate of drug-likeness (QED) is 0.825. The van der Waals surface area contributed by atoms with Crippen molar-refractivity contribution < 1.29 is 5.11 Å². The number of hydrogen-bond donors (Lipinski definition) is 2. The summed E-state index contributed by atoms with van der Waals surface area (Å²) in [5.74, 6) is -0.237. The molecule has 0 saturated carbocycles. The van der Waals surface area contributed by atoms with Gasteiger partial charge in [-0.1, -0.05) is 63.4 Å². The van der Waals surface area contributed by atoms with Gasteiger partial charge in [0.25, 0.3) is 0 Å². The average molecular weight is 375 g/mol. The Morgan fingerprint density at radius 1 is 1.10 bits per heavy atom. The second kappa shape index (κ2) is 6.92. The Hall–Kier alpha value is -0.580. The van der Waals surface area contributed by atoms with Crippen LogP contribution in [0.3, 0.4) is 0 Å². The van der Waals surface area contributed by atoms with Crippen LogP contribution in [0.1, 0.15) is 23.1 Å². The molecule has 2 rings (SSSR count). The first-order chi connectivity index (χ1) is 9.54. The van der Waals surface area contributed by atoms with Crippen molar-refractivity contribution in [3.63, 3.8) is 0 Å². The molecule has 0 aliphatic rings. The highest BCUT2D eigenvalue weighted by Gasteiger charge is 2.24. The fraction of sp³-hybridized carbons (Fsp3) is 0.200. The van der Waals surface area contributed by atoms with Gasteiger partial charge in [-0.3, -0.25) is 0 Å². The van der Waals surface area contributed by atoms with Crippen molar-refractivity contribution in [1.29, 1.82) is 0 Å². The summed E-state index contributed by atoms with van der Waals surface area (Å²) in [5.41, 5.74) is 7.37. The lowest BCUT2D eigenvalue weighted by Gasteiger charge is -2.23. The summed E-state index contributed by atoms with van der Waals surface area (Å²) in [5, 5.41) is 11.4. The summed E-state index contributed by atoms with van der Waals surface area (Å²) < 4.78 is 0.979. The van der Waals surface area contributed by atoms with E-state index in [-0.39, 0.29) is 5.92 Å². The molecule has 0 aliphatic heterocycles. The van der Waals surface area contributed by atoms with E-state index in [1.165, 1.54) is 0 Å². The van der Waals surface area contributed by atoms with E-state index in [0.29, 0.717) is 22.2 Å². The minimum atomic E-state index is -0.799. The fourth-order valence-corrected chi connectivity index (χ4v) is 2.81. The Labute approximate surface area is 136 Å². The molecule has 106 valence electrons. The first-order valence-corrected chi connectivity index (χ1v) is 7.67. The summed E-state index contributed by atoms with van der Waals surface area (Å²) in [7, 11) is 0. The molecular weight excluding hydrogens is 361 g/mol. The van der Waals surface area contributed by atoms with Crippen LogP contribution < -0.4 is 5.73 Å². The minimum Gasteiger partial charge on any atom is -0.388 e. The molecule has 0 fully saturated rings. The highest BCUT2D eigenvalue weighted by Crippen LogP contribution is 2.37. The molecule has 0 saturated heterocycles. The number of benzene rings is 2. The number of rotatable bonds is 4. The highest BCUT2D eigenvalue weighted by atomic mass is 79.9. The molecule has 5 heteroatoms. The van der Waals surface area contributed by atoms with Crippen LogP contribution in [0, 0.1) is 0 Å². The molecular formula is C15H14BrCl2NO. The number of hydrogen-bond acceptors (Lipinski definition) is 2. The number of nitrogens with two attached hydrogens (primary N) is 1. The van der Waals surface area contributed by atoms with Crippen LogP contribution in [0.2, 0.25) is 10.0 Å². The topological polar surface area (TPSA) is 46.2 Å². The van der Waals surface area contributed by atoms with E-state index in [1.54, 1.807) is 18.2 Å². The molecule has 2 nitrogen and oxygen atoms in total. The van der Waals surface area contributed by atoms with Gasteiger partial charge in [0.05, 0.1) is 16.1 Å². The second-order valence-corrected chi connectivity index (χ2v) is 6.18. The van der Waals surface area contributed by atoms with E-state index in [2.05, 4.69) is 15.9 Å². The SMILES string of the molecule is NCC(c1ccc(Br)cc1)C(O)c1cccc(Cl)c1Cl. The van der Waals surface area contributed by atoms with E-state index in [1.807, 2.05) is 24.3 Å². The minimum absolute atomic E-state index is 0.237. The number of aliphatic hydroxyl groups is 1. The maximum absolute atomic E-state index is 10.6. The number of halogens is 3. The lowest BCUT2D eigenvalue weighted by Crippen LogP contribution is -2.20. The summed E-state index contributed by atoms with van der Waals surface area (Å²) in [6.07, 6.45) is -0.799. The van der Waals surface area contributed by atoms with Crippen LogP contribution in [0.5, 0.6) is 0 Å². The molecule has 0 amide bonds. The van der Waals surface area contributed by atoms with Crippen LogP contribution in [0.15, 0.2) is 46.9 Å². The van der Waals surface area contributed by atoms with Gasteiger partial charge in [0.2, 0.25) is 0 Å². The van der Waals surface area contributed by atoms with Crippen molar-refractivity contribution in [2.24, 2.45) is 5.73 Å². The summed E-state index contributed by atoms with van der Waals surface area (Å²) in [4.78, 5) is 0. The first-order valence-electron chi connectivity index (χ1n) is 6.12. The zero-order valence-corrected chi connectivity index (χ0v) is 13.7. The molecule has 2 aromatic carbocycles. The Balaban J connectivity index is 2.36. The zero-order chi connectivity index (χ0) is 14.7. The third-order valence-corrected chi connectivity index (χ3v) is 4.60. The number of aliphatic hydroxyl groups excluding tert-OH is 1. The van der Waals surface area contributed by atoms with Crippen LogP contribution >= 0.6 is 39.1 Å². The molecule has 20 heavy (non-hydrogen) atoms. The lowest BCUT2D eigenvalue weighted by atomic mass is 9.89. The van der Waals surface area contributed by atoms with Gasteiger partial charge in [0, 0.05) is 22.5 Å². The van der Waals surface area contributed by atoms with E-state index in [0.717, 1.165) is 10.0 Å². The molecule has 0 heterocycles. The van der Waals surface area contributed by atoms with Crippen molar-refractivity contribution in [1.82, 2.24) is 0 Å². The predicted molar refractivity (Wildman–Crippen MR) is 87.4 cm³/mol. The van der Waals surface area contributed by atoms with Gasteiger partial charge >= 0.3 is 0 Å². The Morgan fingerprint density at radius 2 is 1.75 bits per heavy atom. The molecule has 2 aromatic rings. The van der Waals surface area contributed by atoms with Crippen molar-refractivity contribution in [3.05, 3.63) is 68.1 Å². The molecule has 0 bridgehead atoms. The van der Waals surface area contributed by atoms with E-state index >= 15 is 0 Å². The van der Waals surface area contributed by atoms with Crippen molar-refractivity contribution in [2.45, 2.75) is 12.0 Å². The molecule has 0 radical (unpaired) electrons. The molecule has 2 atom stereocenters. The third-order valence-electron chi connectivity index (χ3n) is 3.23. The van der Waals surface area contributed by atoms with E-state index < -0.39 is 6.10 Å². The van der Waals surface area contributed by atoms with Gasteiger partial charge in [-0.25, -0.2) is 0 Å². The highest BCUT2D eigenvalue weighted by molar-refractivity contribution is 9.10. The Morgan fingerprint density at radius 3 is 2.35 bits per heavy atom. The normalized spacial score (nSPS) is 14.1. The largest absolute Gasteiger partial charge is 0.388 e. The van der Waals surface area contributed by atoms with Crippen molar-refractivity contribution in [3.8, 4) is 0 Å². The Bertz CT molecular complexity index is 589. The maximum Gasteiger partial charge on any atom is 0.0885 e. The standard InChI is InChI=1S/C15H14BrCl2NO/c16-10-6-4-9(5-7-10)12(8-19)15(20)11-2-1-3-13(17)14(11)18/h1-7,12,15,20H,8,19H2. The smallest absolute Gasteiger partial charge is 0.0885 e. The average Bonchev–Trinajstić information content (AvgIpc) is 2.44. The van der Waals surface area contributed by atoms with Gasteiger partial charge in [0.15, 0.2) is 0 Å². The summed E-state index contributed by atoms with van der Waals surface area (Å²) in [6.45, 7) is 0.311. The van der Waals surface area contributed by atoms with Crippen LogP contribution in [-0.4, -0.2) is 11.7 Å². The summed E-state index contributed by atoms with van der Waals surface area (Å²) >= 11 is 15.5. The summed E-state index contributed by atoms with van der Waals surface area (Å²) in [6, 6.07) is 12.9. The third kappa shape index (κ3) is 3.35. The molecule has 2 unspecified atom stereocenters. The Kier molecular flexibility index (Phi) is 5.47. The lowest BCUT2D eigenvalue weighted by molar-refractivity contribution is 0.147. The van der Waals surface area contributed by atoms with Crippen molar-refractivity contribution in [2.75, 3.05) is 6.54 Å². The van der Waals surface area contributed by atoms with Gasteiger partial charge in [0.1, 0.15) is 0 Å². The molecule has 0 spiro atoms. The molecule has 0 aromatic heterocycles. The monoisotopic (exact) mass is 373 g/mol. The molecule has 0 aliphatic carbocycles. The van der Waals surface area contributed by atoms with Crippen LogP contribution in [0.4, 0.5) is 0 Å². The second-order valence-electron chi connectivity index (χ2n) is 4.48. The fourth-order valence-electron chi connectivity index (χ4n) is 2.12. The van der Waals surface area contributed by atoms with Crippen molar-refractivity contribution >= 4 is 39.1 Å². The van der Waals surface area contributed by atoms with Crippen LogP contribution in [0.25, 0.3) is 0 Å². The van der Waals surface area contributed by atoms with Gasteiger partial charge < -0.3 is 10.8 Å². The van der Waals surface area contributed by atoms with Gasteiger partial charge in [-0.05, 0) is 23.8 Å². The first kappa shape index (κ1) is 15.8.